The van der Waals surface area contributed by atoms with Crippen LogP contribution in [-0.4, -0.2) is 11.8 Å². The minimum atomic E-state index is -0.455. The van der Waals surface area contributed by atoms with Crippen molar-refractivity contribution >= 4 is 41.1 Å². The largest absolute Gasteiger partial charge is 0.457 e. The van der Waals surface area contributed by atoms with Crippen molar-refractivity contribution in [1.82, 2.24) is 10.9 Å². The van der Waals surface area contributed by atoms with Crippen molar-refractivity contribution in [2.45, 2.75) is 26.2 Å². The monoisotopic (exact) mass is 380 g/mol. The van der Waals surface area contributed by atoms with E-state index in [4.69, 9.17) is 27.6 Å². The van der Waals surface area contributed by atoms with Gasteiger partial charge in [-0.2, -0.15) is 0 Å². The molecule has 0 aliphatic rings. The second-order valence-electron chi connectivity index (χ2n) is 5.30. The van der Waals surface area contributed by atoms with E-state index in [9.17, 15) is 9.59 Å². The standard InChI is InChI=1S/C18H18Cl2N2O3/c1-2-3-4-17(23)21-22-18(24)10-7-13-6-9-16(25-13)14-11-12(19)5-8-15(14)20/h5-11H,2-4H2,1H3,(H,21,23)(H,22,24)/b10-7+. The van der Waals surface area contributed by atoms with Crippen molar-refractivity contribution in [3.63, 3.8) is 0 Å². The fourth-order valence-electron chi connectivity index (χ4n) is 2.00. The van der Waals surface area contributed by atoms with Crippen LogP contribution in [0.3, 0.4) is 0 Å². The van der Waals surface area contributed by atoms with Crippen LogP contribution >= 0.6 is 23.2 Å². The third-order valence-corrected chi connectivity index (χ3v) is 3.87. The molecule has 0 spiro atoms. The predicted octanol–water partition coefficient (Wildman–Crippen LogP) is 4.60. The molecule has 0 fully saturated rings. The third-order valence-electron chi connectivity index (χ3n) is 3.30. The molecule has 2 rings (SSSR count). The van der Waals surface area contributed by atoms with Gasteiger partial charge in [0.05, 0.1) is 5.02 Å². The fraction of sp³-hybridized carbons (Fsp3) is 0.222. The van der Waals surface area contributed by atoms with E-state index >= 15 is 0 Å². The highest BCUT2D eigenvalue weighted by Gasteiger charge is 2.09. The number of unbranched alkanes of at least 4 members (excludes halogenated alkanes) is 1. The maximum Gasteiger partial charge on any atom is 0.262 e. The Hall–Kier alpha value is -2.24. The summed E-state index contributed by atoms with van der Waals surface area (Å²) in [6.07, 6.45) is 4.83. The zero-order valence-corrected chi connectivity index (χ0v) is 15.2. The lowest BCUT2D eigenvalue weighted by atomic mass is 10.2. The van der Waals surface area contributed by atoms with Crippen LogP contribution in [0, 0.1) is 0 Å². The lowest BCUT2D eigenvalue weighted by Gasteiger charge is -2.04. The molecule has 132 valence electrons. The Morgan fingerprint density at radius 3 is 2.72 bits per heavy atom. The summed E-state index contributed by atoms with van der Waals surface area (Å²) >= 11 is 12.1. The van der Waals surface area contributed by atoms with Gasteiger partial charge in [-0.25, -0.2) is 0 Å². The molecule has 5 nitrogen and oxygen atoms in total. The molecule has 0 atom stereocenters. The summed E-state index contributed by atoms with van der Waals surface area (Å²) < 4.78 is 5.64. The summed E-state index contributed by atoms with van der Waals surface area (Å²) in [4.78, 5) is 23.1. The number of nitrogens with one attached hydrogen (secondary N) is 2. The molecular weight excluding hydrogens is 363 g/mol. The van der Waals surface area contributed by atoms with Gasteiger partial charge < -0.3 is 4.42 Å². The van der Waals surface area contributed by atoms with Crippen LogP contribution in [0.2, 0.25) is 10.0 Å². The Kier molecular flexibility index (Phi) is 7.10. The minimum absolute atomic E-state index is 0.223. The van der Waals surface area contributed by atoms with E-state index in [0.717, 1.165) is 12.8 Å². The minimum Gasteiger partial charge on any atom is -0.457 e. The maximum absolute atomic E-state index is 11.7. The first-order chi connectivity index (χ1) is 12.0. The average Bonchev–Trinajstić information content (AvgIpc) is 3.07. The first kappa shape index (κ1) is 19.1. The van der Waals surface area contributed by atoms with Gasteiger partial charge in [-0.15, -0.1) is 0 Å². The zero-order valence-electron chi connectivity index (χ0n) is 13.6. The molecule has 0 saturated carbocycles. The number of amides is 2. The average molecular weight is 381 g/mol. The molecule has 25 heavy (non-hydrogen) atoms. The first-order valence-electron chi connectivity index (χ1n) is 7.81. The van der Waals surface area contributed by atoms with Gasteiger partial charge in [0, 0.05) is 23.1 Å². The van der Waals surface area contributed by atoms with Crippen molar-refractivity contribution in [3.05, 3.63) is 52.2 Å². The summed E-state index contributed by atoms with van der Waals surface area (Å²) in [5, 5.41) is 1.06. The normalized spacial score (nSPS) is 10.8. The molecule has 1 aromatic carbocycles. The number of rotatable bonds is 6. The Bertz CT molecular complexity index is 784. The van der Waals surface area contributed by atoms with E-state index in [1.54, 1.807) is 30.3 Å². The van der Waals surface area contributed by atoms with Crippen molar-refractivity contribution in [1.29, 1.82) is 0 Å². The summed E-state index contributed by atoms with van der Waals surface area (Å²) in [6.45, 7) is 1.99. The fourth-order valence-corrected chi connectivity index (χ4v) is 2.39. The molecule has 0 unspecified atom stereocenters. The number of hydrogen-bond acceptors (Lipinski definition) is 3. The Morgan fingerprint density at radius 1 is 1.16 bits per heavy atom. The highest BCUT2D eigenvalue weighted by molar-refractivity contribution is 6.35. The molecule has 0 saturated heterocycles. The first-order valence-corrected chi connectivity index (χ1v) is 8.57. The lowest BCUT2D eigenvalue weighted by molar-refractivity contribution is -0.126. The van der Waals surface area contributed by atoms with E-state index in [1.807, 2.05) is 6.92 Å². The van der Waals surface area contributed by atoms with Gasteiger partial charge in [0.1, 0.15) is 11.5 Å². The van der Waals surface area contributed by atoms with E-state index in [1.165, 1.54) is 12.2 Å². The SMILES string of the molecule is CCCCC(=O)NNC(=O)/C=C/c1ccc(-c2cc(Cl)ccc2Cl)o1. The van der Waals surface area contributed by atoms with Crippen LogP contribution in [0.15, 0.2) is 40.8 Å². The topological polar surface area (TPSA) is 71.3 Å². The third kappa shape index (κ3) is 5.96. The molecule has 2 N–H and O–H groups in total. The molecule has 7 heteroatoms. The number of hydrogen-bond donors (Lipinski definition) is 2. The van der Waals surface area contributed by atoms with Crippen LogP contribution in [0.25, 0.3) is 17.4 Å². The van der Waals surface area contributed by atoms with Crippen molar-refractivity contribution in [2.75, 3.05) is 0 Å². The summed E-state index contributed by atoms with van der Waals surface area (Å²) in [5.41, 5.74) is 5.32. The molecule has 0 bridgehead atoms. The van der Waals surface area contributed by atoms with Crippen LogP contribution in [0.5, 0.6) is 0 Å². The van der Waals surface area contributed by atoms with Gasteiger partial charge >= 0.3 is 0 Å². The second kappa shape index (κ2) is 9.30. The predicted molar refractivity (Wildman–Crippen MR) is 99.0 cm³/mol. The maximum atomic E-state index is 11.7. The molecule has 1 aromatic heterocycles. The smallest absolute Gasteiger partial charge is 0.262 e. The summed E-state index contributed by atoms with van der Waals surface area (Å²) in [5.74, 6) is 0.335. The van der Waals surface area contributed by atoms with E-state index < -0.39 is 5.91 Å². The number of carbonyl (C=O) groups excluding carboxylic acids is 2. The van der Waals surface area contributed by atoms with E-state index in [0.29, 0.717) is 33.6 Å². The van der Waals surface area contributed by atoms with Crippen molar-refractivity contribution in [3.8, 4) is 11.3 Å². The van der Waals surface area contributed by atoms with Gasteiger partial charge in [0.15, 0.2) is 0 Å². The van der Waals surface area contributed by atoms with Gasteiger partial charge in [0.2, 0.25) is 5.91 Å². The Labute approximate surface area is 156 Å². The highest BCUT2D eigenvalue weighted by Crippen LogP contribution is 2.31. The quantitative estimate of drug-likeness (QED) is 0.567. The van der Waals surface area contributed by atoms with Gasteiger partial charge in [-0.05, 0) is 42.8 Å². The van der Waals surface area contributed by atoms with Crippen molar-refractivity contribution in [2.24, 2.45) is 0 Å². The van der Waals surface area contributed by atoms with Crippen LogP contribution in [0.4, 0.5) is 0 Å². The van der Waals surface area contributed by atoms with E-state index in [-0.39, 0.29) is 5.91 Å². The van der Waals surface area contributed by atoms with Gasteiger partial charge in [0.25, 0.3) is 5.91 Å². The molecule has 0 aliphatic carbocycles. The number of hydrazine groups is 1. The number of carbonyl (C=O) groups is 2. The molecule has 1 heterocycles. The highest BCUT2D eigenvalue weighted by atomic mass is 35.5. The number of halogens is 2. The van der Waals surface area contributed by atoms with Gasteiger partial charge in [-0.3, -0.25) is 20.4 Å². The summed E-state index contributed by atoms with van der Waals surface area (Å²) in [6, 6.07) is 8.52. The second-order valence-corrected chi connectivity index (χ2v) is 6.14. The lowest BCUT2D eigenvalue weighted by Crippen LogP contribution is -2.40. The Balaban J connectivity index is 1.94. The molecule has 2 aromatic rings. The molecule has 0 aliphatic heterocycles. The van der Waals surface area contributed by atoms with Crippen molar-refractivity contribution < 1.29 is 14.0 Å². The van der Waals surface area contributed by atoms with Crippen LogP contribution in [-0.2, 0) is 9.59 Å². The zero-order chi connectivity index (χ0) is 18.2. The molecular formula is C18H18Cl2N2O3. The number of benzene rings is 1. The van der Waals surface area contributed by atoms with Gasteiger partial charge in [-0.1, -0.05) is 36.5 Å². The Morgan fingerprint density at radius 2 is 1.96 bits per heavy atom. The molecule has 2 amide bonds. The number of furan rings is 1. The molecule has 0 radical (unpaired) electrons. The van der Waals surface area contributed by atoms with Crippen LogP contribution < -0.4 is 10.9 Å². The summed E-state index contributed by atoms with van der Waals surface area (Å²) in [7, 11) is 0. The van der Waals surface area contributed by atoms with E-state index in [2.05, 4.69) is 10.9 Å². The van der Waals surface area contributed by atoms with Crippen LogP contribution in [0.1, 0.15) is 31.9 Å².